The number of aromatic nitrogens is 2. The fourth-order valence-electron chi connectivity index (χ4n) is 2.35. The molecule has 0 saturated carbocycles. The predicted octanol–water partition coefficient (Wildman–Crippen LogP) is 3.07. The van der Waals surface area contributed by atoms with Gasteiger partial charge in [-0.05, 0) is 18.2 Å². The number of amides is 1. The number of nitrogens with one attached hydrogen (secondary N) is 1. The minimum absolute atomic E-state index is 0.0463. The molecule has 2 heterocycles. The first-order chi connectivity index (χ1) is 10.6. The Labute approximate surface area is 136 Å². The van der Waals surface area contributed by atoms with Gasteiger partial charge in [0.25, 0.3) is 5.91 Å². The van der Waals surface area contributed by atoms with Gasteiger partial charge in [-0.25, -0.2) is 4.39 Å². The molecule has 1 aliphatic heterocycles. The van der Waals surface area contributed by atoms with Crippen molar-refractivity contribution in [1.82, 2.24) is 15.1 Å². The van der Waals surface area contributed by atoms with Crippen molar-refractivity contribution in [3.8, 4) is 0 Å². The molecule has 5 nitrogen and oxygen atoms in total. The summed E-state index contributed by atoms with van der Waals surface area (Å²) < 4.78 is 19.3. The number of benzene rings is 1. The van der Waals surface area contributed by atoms with Crippen molar-refractivity contribution in [2.24, 2.45) is 0 Å². The summed E-state index contributed by atoms with van der Waals surface area (Å²) in [4.78, 5) is 13.9. The molecule has 1 amide bonds. The third-order valence-electron chi connectivity index (χ3n) is 3.47. The van der Waals surface area contributed by atoms with Crippen LogP contribution in [-0.4, -0.2) is 40.7 Å². The number of carbonyl (C=O) groups excluding carboxylic acids is 1. The Hall–Kier alpha value is -1.63. The molecule has 0 spiro atoms. The maximum atomic E-state index is 13.7. The Balaban J connectivity index is 1.81. The second-order valence-electron chi connectivity index (χ2n) is 4.87. The van der Waals surface area contributed by atoms with Gasteiger partial charge >= 0.3 is 0 Å². The van der Waals surface area contributed by atoms with E-state index in [0.717, 1.165) is 0 Å². The van der Waals surface area contributed by atoms with E-state index in [2.05, 4.69) is 10.2 Å². The van der Waals surface area contributed by atoms with Crippen LogP contribution in [0.4, 0.5) is 4.39 Å². The zero-order chi connectivity index (χ0) is 15.7. The minimum atomic E-state index is -0.568. The Kier molecular flexibility index (Phi) is 4.33. The lowest BCUT2D eigenvalue weighted by atomic mass is 10.1. The third-order valence-corrected chi connectivity index (χ3v) is 4.09. The molecule has 116 valence electrons. The Bertz CT molecular complexity index is 694. The van der Waals surface area contributed by atoms with E-state index in [-0.39, 0.29) is 17.5 Å². The molecule has 22 heavy (non-hydrogen) atoms. The zero-order valence-corrected chi connectivity index (χ0v) is 12.9. The third kappa shape index (κ3) is 2.95. The molecule has 1 aliphatic rings. The van der Waals surface area contributed by atoms with E-state index < -0.39 is 11.9 Å². The highest BCUT2D eigenvalue weighted by Crippen LogP contribution is 2.32. The topological polar surface area (TPSA) is 58.2 Å². The molecule has 0 aliphatic carbocycles. The largest absolute Gasteiger partial charge is 0.370 e. The molecule has 2 aromatic rings. The number of nitrogens with zero attached hydrogens (tertiary/aromatic N) is 2. The maximum Gasteiger partial charge on any atom is 0.272 e. The Morgan fingerprint density at radius 2 is 2.23 bits per heavy atom. The number of H-pyrrole nitrogens is 1. The van der Waals surface area contributed by atoms with Crippen LogP contribution in [0, 0.1) is 5.82 Å². The SMILES string of the molecule is O=C(c1ccn[nH]1)N1CCO[C@@H](c2cc(F)c(Cl)cc2Cl)C1. The number of morpholine rings is 1. The standard InChI is InChI=1S/C14H12Cl2FN3O2/c15-9-6-10(16)11(17)5-8(9)13-7-20(3-4-22-13)14(21)12-1-2-18-19-12/h1-2,5-6,13H,3-4,7H2,(H,18,19)/t13-/m1/s1. The van der Waals surface area contributed by atoms with Crippen molar-refractivity contribution in [3.05, 3.63) is 51.5 Å². The molecule has 1 aromatic heterocycles. The summed E-state index contributed by atoms with van der Waals surface area (Å²) in [5.41, 5.74) is 0.875. The molecule has 1 saturated heterocycles. The quantitative estimate of drug-likeness (QED) is 0.852. The summed E-state index contributed by atoms with van der Waals surface area (Å²) in [6, 6.07) is 4.19. The predicted molar refractivity (Wildman–Crippen MR) is 79.6 cm³/mol. The highest BCUT2D eigenvalue weighted by Gasteiger charge is 2.28. The van der Waals surface area contributed by atoms with Crippen LogP contribution in [0.15, 0.2) is 24.4 Å². The van der Waals surface area contributed by atoms with Crippen molar-refractivity contribution in [3.63, 3.8) is 0 Å². The molecule has 0 bridgehead atoms. The van der Waals surface area contributed by atoms with Crippen LogP contribution in [0.3, 0.4) is 0 Å². The fourth-order valence-corrected chi connectivity index (χ4v) is 2.86. The van der Waals surface area contributed by atoms with Crippen LogP contribution in [0.1, 0.15) is 22.2 Å². The lowest BCUT2D eigenvalue weighted by molar-refractivity contribution is -0.0230. The second-order valence-corrected chi connectivity index (χ2v) is 5.68. The van der Waals surface area contributed by atoms with Crippen LogP contribution >= 0.6 is 23.2 Å². The van der Waals surface area contributed by atoms with E-state index in [4.69, 9.17) is 27.9 Å². The number of hydrogen-bond acceptors (Lipinski definition) is 3. The number of ether oxygens (including phenoxy) is 1. The van der Waals surface area contributed by atoms with E-state index in [1.165, 1.54) is 18.3 Å². The van der Waals surface area contributed by atoms with Crippen LogP contribution in [0.2, 0.25) is 10.0 Å². The lowest BCUT2D eigenvalue weighted by Gasteiger charge is -2.33. The van der Waals surface area contributed by atoms with Gasteiger partial charge in [-0.3, -0.25) is 9.89 Å². The maximum absolute atomic E-state index is 13.7. The summed E-state index contributed by atoms with van der Waals surface area (Å²) >= 11 is 11.8. The number of carbonyl (C=O) groups is 1. The van der Waals surface area contributed by atoms with Gasteiger partial charge in [0.2, 0.25) is 0 Å². The summed E-state index contributed by atoms with van der Waals surface area (Å²) in [5, 5.41) is 6.66. The molecule has 3 rings (SSSR count). The number of aromatic amines is 1. The first kappa shape index (κ1) is 15.3. The fraction of sp³-hybridized carbons (Fsp3) is 0.286. The van der Waals surface area contributed by atoms with Crippen LogP contribution in [0.5, 0.6) is 0 Å². The average molecular weight is 344 g/mol. The van der Waals surface area contributed by atoms with E-state index >= 15 is 0 Å². The van der Waals surface area contributed by atoms with Gasteiger partial charge in [0.15, 0.2) is 0 Å². The van der Waals surface area contributed by atoms with Gasteiger partial charge in [-0.2, -0.15) is 5.10 Å². The summed E-state index contributed by atoms with van der Waals surface area (Å²) in [5.74, 6) is -0.752. The van der Waals surface area contributed by atoms with Crippen molar-refractivity contribution in [1.29, 1.82) is 0 Å². The van der Waals surface area contributed by atoms with E-state index in [9.17, 15) is 9.18 Å². The molecule has 0 radical (unpaired) electrons. The molecule has 8 heteroatoms. The Morgan fingerprint density at radius 3 is 2.95 bits per heavy atom. The zero-order valence-electron chi connectivity index (χ0n) is 11.4. The first-order valence-corrected chi connectivity index (χ1v) is 7.36. The highest BCUT2D eigenvalue weighted by molar-refractivity contribution is 6.35. The molecule has 1 atom stereocenters. The smallest absolute Gasteiger partial charge is 0.272 e. The highest BCUT2D eigenvalue weighted by atomic mass is 35.5. The van der Waals surface area contributed by atoms with Gasteiger partial charge in [0, 0.05) is 23.3 Å². The van der Waals surface area contributed by atoms with Gasteiger partial charge in [-0.1, -0.05) is 23.2 Å². The molecular formula is C14H12Cl2FN3O2. The van der Waals surface area contributed by atoms with Crippen LogP contribution < -0.4 is 0 Å². The number of halogens is 3. The second kappa shape index (κ2) is 6.24. The van der Waals surface area contributed by atoms with Crippen molar-refractivity contribution < 1.29 is 13.9 Å². The lowest BCUT2D eigenvalue weighted by Crippen LogP contribution is -2.42. The van der Waals surface area contributed by atoms with Gasteiger partial charge in [0.05, 0.1) is 18.2 Å². The number of hydrogen-bond donors (Lipinski definition) is 1. The molecule has 0 unspecified atom stereocenters. The van der Waals surface area contributed by atoms with Crippen molar-refractivity contribution in [2.45, 2.75) is 6.10 Å². The minimum Gasteiger partial charge on any atom is -0.370 e. The van der Waals surface area contributed by atoms with E-state index in [1.54, 1.807) is 11.0 Å². The molecule has 1 N–H and O–H groups in total. The monoisotopic (exact) mass is 343 g/mol. The summed E-state index contributed by atoms with van der Waals surface area (Å²) in [6.45, 7) is 1.06. The molecular weight excluding hydrogens is 332 g/mol. The van der Waals surface area contributed by atoms with E-state index in [0.29, 0.717) is 29.4 Å². The molecule has 1 aromatic carbocycles. The normalized spacial score (nSPS) is 18.5. The van der Waals surface area contributed by atoms with E-state index in [1.807, 2.05) is 0 Å². The number of rotatable bonds is 2. The average Bonchev–Trinajstić information content (AvgIpc) is 3.04. The van der Waals surface area contributed by atoms with Crippen molar-refractivity contribution >= 4 is 29.1 Å². The van der Waals surface area contributed by atoms with Crippen LogP contribution in [0.25, 0.3) is 0 Å². The van der Waals surface area contributed by atoms with Crippen LogP contribution in [-0.2, 0) is 4.74 Å². The van der Waals surface area contributed by atoms with Gasteiger partial charge in [0.1, 0.15) is 17.6 Å². The summed E-state index contributed by atoms with van der Waals surface area (Å²) in [6.07, 6.45) is 1.01. The Morgan fingerprint density at radius 1 is 1.41 bits per heavy atom. The van der Waals surface area contributed by atoms with Gasteiger partial charge in [-0.15, -0.1) is 0 Å². The van der Waals surface area contributed by atoms with Crippen molar-refractivity contribution in [2.75, 3.05) is 19.7 Å². The summed E-state index contributed by atoms with van der Waals surface area (Å²) in [7, 11) is 0. The molecule has 1 fully saturated rings. The first-order valence-electron chi connectivity index (χ1n) is 6.61. The van der Waals surface area contributed by atoms with Gasteiger partial charge < -0.3 is 9.64 Å².